The van der Waals surface area contributed by atoms with Gasteiger partial charge in [-0.25, -0.2) is 4.79 Å². The normalized spacial score (nSPS) is 14.6. The number of rotatable bonds is 17. The molecule has 15 heteroatoms. The molecule has 8 nitrogen and oxygen atoms in total. The summed E-state index contributed by atoms with van der Waals surface area (Å²) in [6.45, 7) is 37.3. The Bertz CT molecular complexity index is 694. The van der Waals surface area contributed by atoms with E-state index in [1.54, 1.807) is 6.92 Å². The third-order valence-corrected chi connectivity index (χ3v) is 27.9. The van der Waals surface area contributed by atoms with Crippen molar-refractivity contribution in [1.29, 1.82) is 0 Å². The number of hydrogen-bond acceptors (Lipinski definition) is 8. The molecule has 0 heterocycles. The van der Waals surface area contributed by atoms with Gasteiger partial charge in [0.1, 0.15) is 0 Å². The first-order chi connectivity index (χ1) is 16.1. The third kappa shape index (κ3) is 18.5. The van der Waals surface area contributed by atoms with E-state index in [4.69, 9.17) is 29.4 Å². The van der Waals surface area contributed by atoms with Crippen molar-refractivity contribution in [1.82, 2.24) is 0 Å². The summed E-state index contributed by atoms with van der Waals surface area (Å²) in [6.07, 6.45) is 0.525. The van der Waals surface area contributed by atoms with Gasteiger partial charge in [-0.3, -0.25) is 0 Å². The molecule has 0 aromatic carbocycles. The van der Waals surface area contributed by atoms with Crippen molar-refractivity contribution in [2.75, 3.05) is 6.61 Å². The molecule has 0 aromatic heterocycles. The lowest BCUT2D eigenvalue weighted by atomic mass is 10.4. The molecule has 0 aliphatic heterocycles. The Balaban J connectivity index is 6.49. The molecule has 0 fully saturated rings. The Morgan fingerprint density at radius 2 is 0.865 bits per heavy atom. The molecule has 0 amide bonds. The predicted octanol–water partition coefficient (Wildman–Crippen LogP) is 7.14. The second kappa shape index (κ2) is 13.4. The Labute approximate surface area is 235 Å². The predicted molar refractivity (Wildman–Crippen MR) is 170 cm³/mol. The highest BCUT2D eigenvalue weighted by Gasteiger charge is 2.55. The van der Waals surface area contributed by atoms with Crippen LogP contribution in [0.3, 0.4) is 0 Å². The van der Waals surface area contributed by atoms with Crippen LogP contribution < -0.4 is 0 Å². The van der Waals surface area contributed by atoms with Crippen molar-refractivity contribution >= 4 is 65.4 Å². The average molecular weight is 645 g/mol. The fraction of sp³-hybridized carbons (Fsp3) is 0.864. The van der Waals surface area contributed by atoms with Crippen LogP contribution in [-0.2, 0) is 34.2 Å². The summed E-state index contributed by atoms with van der Waals surface area (Å²) in [5.41, 5.74) is 0.374. The van der Waals surface area contributed by atoms with Crippen molar-refractivity contribution < 1.29 is 34.2 Å². The Morgan fingerprint density at radius 1 is 0.568 bits per heavy atom. The molecule has 0 bridgehead atoms. The van der Waals surface area contributed by atoms with Gasteiger partial charge in [-0.05, 0) is 112 Å². The highest BCUT2D eigenvalue weighted by atomic mass is 28.5. The first-order valence-electron chi connectivity index (χ1n) is 13.1. The second-order valence-corrected chi connectivity index (χ2v) is 41.7. The minimum absolute atomic E-state index is 0.223. The first kappa shape index (κ1) is 37.5. The maximum absolute atomic E-state index is 12.0. The number of ether oxygens (including phenoxy) is 1. The highest BCUT2D eigenvalue weighted by molar-refractivity contribution is 6.92. The molecule has 0 radical (unpaired) electrons. The molecular formula is C22H56O8Si7. The van der Waals surface area contributed by atoms with Crippen molar-refractivity contribution in [2.45, 2.75) is 118 Å². The van der Waals surface area contributed by atoms with E-state index in [2.05, 4.69) is 105 Å². The standard InChI is InChI=1S/C22H56O8Si7/c1-21(2)22(23)24-19-18-20-37(28-34(12,13)25-31(3,4)5,29-35(14,15)26-32(6,7)8)30-36(16,17)27-33(9,10)11/h1,18-20H2,2-17H3. The van der Waals surface area contributed by atoms with Crippen molar-refractivity contribution in [2.24, 2.45) is 0 Å². The summed E-state index contributed by atoms with van der Waals surface area (Å²) in [4.78, 5) is 12.0. The number of hydrogen-bond donors (Lipinski definition) is 0. The van der Waals surface area contributed by atoms with Gasteiger partial charge >= 0.3 is 40.5 Å². The van der Waals surface area contributed by atoms with Crippen LogP contribution in [0.15, 0.2) is 12.2 Å². The Morgan fingerprint density at radius 3 is 1.11 bits per heavy atom. The molecule has 0 N–H and O–H groups in total. The smallest absolute Gasteiger partial charge is 0.462 e. The summed E-state index contributed by atoms with van der Waals surface area (Å²) in [6, 6.07) is 0.471. The van der Waals surface area contributed by atoms with Crippen LogP contribution >= 0.6 is 0 Å². The summed E-state index contributed by atoms with van der Waals surface area (Å²) in [5.74, 6) is -0.402. The molecule has 0 aliphatic carbocycles. The lowest BCUT2D eigenvalue weighted by Gasteiger charge is -2.46. The molecule has 0 aromatic rings. The van der Waals surface area contributed by atoms with Gasteiger partial charge in [0.05, 0.1) is 6.61 Å². The van der Waals surface area contributed by atoms with Crippen molar-refractivity contribution in [3.05, 3.63) is 12.2 Å². The molecule has 0 spiro atoms. The maximum Gasteiger partial charge on any atom is 0.474 e. The van der Waals surface area contributed by atoms with Crippen LogP contribution in [0.1, 0.15) is 13.3 Å². The summed E-state index contributed by atoms with van der Waals surface area (Å²) < 4.78 is 46.1. The summed E-state index contributed by atoms with van der Waals surface area (Å²) >= 11 is 0. The largest absolute Gasteiger partial charge is 0.474 e. The summed E-state index contributed by atoms with van der Waals surface area (Å²) in [5, 5.41) is 0. The zero-order chi connectivity index (χ0) is 29.7. The zero-order valence-corrected chi connectivity index (χ0v) is 33.6. The zero-order valence-electron chi connectivity index (χ0n) is 26.6. The Hall–Kier alpha value is 0.488. The number of carbonyl (C=O) groups excluding carboxylic acids is 1. The van der Waals surface area contributed by atoms with Gasteiger partial charge < -0.3 is 29.4 Å². The molecule has 37 heavy (non-hydrogen) atoms. The van der Waals surface area contributed by atoms with Gasteiger partial charge in [0.15, 0.2) is 25.0 Å². The van der Waals surface area contributed by atoms with Crippen LogP contribution in [0.25, 0.3) is 0 Å². The van der Waals surface area contributed by atoms with Gasteiger partial charge in [0.2, 0.25) is 0 Å². The molecular weight excluding hydrogens is 589 g/mol. The third-order valence-electron chi connectivity index (χ3n) is 4.07. The molecule has 0 saturated heterocycles. The van der Waals surface area contributed by atoms with Crippen molar-refractivity contribution in [3.8, 4) is 0 Å². The topological polar surface area (TPSA) is 81.7 Å². The SMILES string of the molecule is C=C(C)C(=O)OCCC[Si](O[Si](C)(C)O[Si](C)(C)C)(O[Si](C)(C)O[Si](C)(C)C)O[Si](C)(C)O[Si](C)(C)C. The monoisotopic (exact) mass is 644 g/mol. The van der Waals surface area contributed by atoms with Gasteiger partial charge in [-0.1, -0.05) is 6.58 Å². The number of carbonyl (C=O) groups is 1. The van der Waals surface area contributed by atoms with E-state index in [0.29, 0.717) is 18.0 Å². The first-order valence-corrected chi connectivity index (χ1v) is 33.7. The maximum atomic E-state index is 12.0. The minimum Gasteiger partial charge on any atom is -0.462 e. The van der Waals surface area contributed by atoms with E-state index in [0.717, 1.165) is 0 Å². The van der Waals surface area contributed by atoms with Crippen LogP contribution in [0.5, 0.6) is 0 Å². The van der Waals surface area contributed by atoms with Gasteiger partial charge in [-0.15, -0.1) is 0 Å². The van der Waals surface area contributed by atoms with E-state index in [1.807, 2.05) is 0 Å². The molecule has 0 rings (SSSR count). The van der Waals surface area contributed by atoms with Crippen molar-refractivity contribution in [3.63, 3.8) is 0 Å². The lowest BCUT2D eigenvalue weighted by Crippen LogP contribution is -2.66. The lowest BCUT2D eigenvalue weighted by molar-refractivity contribution is -0.139. The molecule has 0 saturated carbocycles. The highest BCUT2D eigenvalue weighted by Crippen LogP contribution is 2.33. The van der Waals surface area contributed by atoms with E-state index in [9.17, 15) is 4.79 Å². The van der Waals surface area contributed by atoms with Crippen LogP contribution in [0.2, 0.25) is 104 Å². The second-order valence-electron chi connectivity index (χ2n) is 13.9. The Kier molecular flexibility index (Phi) is 13.6. The average Bonchev–Trinajstić information content (AvgIpc) is 2.49. The summed E-state index contributed by atoms with van der Waals surface area (Å²) in [7, 11) is -17.2. The van der Waals surface area contributed by atoms with Crippen LogP contribution in [-0.4, -0.2) is 72.0 Å². The molecule has 0 unspecified atom stereocenters. The van der Waals surface area contributed by atoms with Gasteiger partial charge in [0.25, 0.3) is 0 Å². The fourth-order valence-electron chi connectivity index (χ4n) is 4.19. The van der Waals surface area contributed by atoms with E-state index in [1.165, 1.54) is 0 Å². The molecule has 0 aliphatic rings. The van der Waals surface area contributed by atoms with Crippen LogP contribution in [0.4, 0.5) is 0 Å². The molecule has 0 atom stereocenters. The molecule has 220 valence electrons. The van der Waals surface area contributed by atoms with E-state index >= 15 is 0 Å². The van der Waals surface area contributed by atoms with E-state index in [-0.39, 0.29) is 6.61 Å². The fourth-order valence-corrected chi connectivity index (χ4v) is 35.9. The van der Waals surface area contributed by atoms with Gasteiger partial charge in [0, 0.05) is 11.6 Å². The van der Waals surface area contributed by atoms with E-state index < -0.39 is 65.4 Å². The quantitative estimate of drug-likeness (QED) is 0.0715. The minimum atomic E-state index is -3.44. The van der Waals surface area contributed by atoms with Gasteiger partial charge in [-0.2, -0.15) is 0 Å². The van der Waals surface area contributed by atoms with Crippen LogP contribution in [0, 0.1) is 0 Å². The number of esters is 1.